The zero-order valence-electron chi connectivity index (χ0n) is 15.2. The molecule has 1 aromatic heterocycles. The zero-order chi connectivity index (χ0) is 17.8. The van der Waals surface area contributed by atoms with Crippen LogP contribution in [0.3, 0.4) is 0 Å². The van der Waals surface area contributed by atoms with Gasteiger partial charge in [-0.3, -0.25) is 4.79 Å². The lowest BCUT2D eigenvalue weighted by molar-refractivity contribution is -0.115. The van der Waals surface area contributed by atoms with E-state index < -0.39 is 0 Å². The van der Waals surface area contributed by atoms with E-state index in [-0.39, 0.29) is 5.91 Å². The minimum absolute atomic E-state index is 0.0167. The van der Waals surface area contributed by atoms with Crippen LogP contribution in [0.2, 0.25) is 0 Å². The number of aromatic nitrogens is 1. The summed E-state index contributed by atoms with van der Waals surface area (Å²) in [6.45, 7) is 8.55. The molecule has 0 spiro atoms. The summed E-state index contributed by atoms with van der Waals surface area (Å²) in [5, 5.41) is 3.58. The smallest absolute Gasteiger partial charge is 0.230 e. The Bertz CT molecular complexity index is 702. The first kappa shape index (κ1) is 17.9. The molecule has 0 aliphatic carbocycles. The molecule has 1 aliphatic rings. The molecular weight excluding hydrogens is 332 g/mol. The minimum atomic E-state index is -0.0167. The fourth-order valence-electron chi connectivity index (χ4n) is 2.85. The Morgan fingerprint density at radius 2 is 1.88 bits per heavy atom. The van der Waals surface area contributed by atoms with Crippen molar-refractivity contribution in [3.05, 3.63) is 40.9 Å². The second-order valence-electron chi connectivity index (χ2n) is 6.90. The second kappa shape index (κ2) is 7.97. The van der Waals surface area contributed by atoms with E-state index in [2.05, 4.69) is 65.3 Å². The topological polar surface area (TPSA) is 48.5 Å². The number of thiazole rings is 1. The maximum Gasteiger partial charge on any atom is 0.230 e. The van der Waals surface area contributed by atoms with Crippen LogP contribution in [-0.2, 0) is 11.2 Å². The number of benzene rings is 1. The lowest BCUT2D eigenvalue weighted by Gasteiger charge is -2.34. The maximum atomic E-state index is 12.2. The van der Waals surface area contributed by atoms with E-state index in [0.717, 1.165) is 31.7 Å². The predicted octanol–water partition coefficient (Wildman–Crippen LogP) is 3.20. The van der Waals surface area contributed by atoms with Crippen LogP contribution in [0.1, 0.15) is 30.2 Å². The van der Waals surface area contributed by atoms with Gasteiger partial charge < -0.3 is 15.1 Å². The molecular formula is C19H26N4OS. The molecule has 0 bridgehead atoms. The first-order valence-electron chi connectivity index (χ1n) is 8.79. The summed E-state index contributed by atoms with van der Waals surface area (Å²) in [5.41, 5.74) is 2.26. The molecule has 2 heterocycles. The standard InChI is InChI=1S/C19H26N4OS/c1-14(2)17-13-20-19(25-17)21-18(24)12-15-4-6-16(7-5-15)23-10-8-22(3)9-11-23/h4-7,13-14H,8-12H2,1-3H3,(H,20,21,24). The molecule has 0 radical (unpaired) electrons. The number of carbonyl (C=O) groups is 1. The number of rotatable bonds is 5. The summed E-state index contributed by atoms with van der Waals surface area (Å²) in [7, 11) is 2.16. The van der Waals surface area contributed by atoms with Crippen LogP contribution >= 0.6 is 11.3 Å². The van der Waals surface area contributed by atoms with Crippen molar-refractivity contribution in [3.8, 4) is 0 Å². The van der Waals surface area contributed by atoms with Crippen molar-refractivity contribution >= 4 is 28.1 Å². The molecule has 134 valence electrons. The van der Waals surface area contributed by atoms with Crippen LogP contribution in [0.15, 0.2) is 30.5 Å². The number of nitrogens with one attached hydrogen (secondary N) is 1. The van der Waals surface area contributed by atoms with Crippen molar-refractivity contribution < 1.29 is 4.79 Å². The molecule has 0 saturated carbocycles. The molecule has 1 amide bonds. The Balaban J connectivity index is 1.54. The number of anilines is 2. The highest BCUT2D eigenvalue weighted by Crippen LogP contribution is 2.25. The van der Waals surface area contributed by atoms with Gasteiger partial charge in [0.1, 0.15) is 0 Å². The van der Waals surface area contributed by atoms with Gasteiger partial charge in [-0.2, -0.15) is 0 Å². The summed E-state index contributed by atoms with van der Waals surface area (Å²) in [6, 6.07) is 8.34. The van der Waals surface area contributed by atoms with E-state index in [1.807, 2.05) is 6.20 Å². The van der Waals surface area contributed by atoms with E-state index >= 15 is 0 Å². The van der Waals surface area contributed by atoms with Gasteiger partial charge in [0.25, 0.3) is 0 Å². The van der Waals surface area contributed by atoms with Gasteiger partial charge in [-0.15, -0.1) is 11.3 Å². The third kappa shape index (κ3) is 4.80. The Kier molecular flexibility index (Phi) is 5.71. The van der Waals surface area contributed by atoms with Gasteiger partial charge >= 0.3 is 0 Å². The maximum absolute atomic E-state index is 12.2. The summed E-state index contributed by atoms with van der Waals surface area (Å²) < 4.78 is 0. The van der Waals surface area contributed by atoms with Gasteiger partial charge in [-0.1, -0.05) is 26.0 Å². The van der Waals surface area contributed by atoms with E-state index in [1.54, 1.807) is 11.3 Å². The molecule has 1 saturated heterocycles. The molecule has 1 aromatic carbocycles. The zero-order valence-corrected chi connectivity index (χ0v) is 16.0. The first-order valence-corrected chi connectivity index (χ1v) is 9.61. The normalized spacial score (nSPS) is 15.6. The molecule has 0 atom stereocenters. The average Bonchev–Trinajstić information content (AvgIpc) is 3.05. The van der Waals surface area contributed by atoms with Gasteiger partial charge in [-0.05, 0) is 30.7 Å². The van der Waals surface area contributed by atoms with Crippen LogP contribution in [0, 0.1) is 0 Å². The van der Waals surface area contributed by atoms with Crippen LogP contribution in [0.5, 0.6) is 0 Å². The van der Waals surface area contributed by atoms with Crippen LogP contribution < -0.4 is 10.2 Å². The third-order valence-corrected chi connectivity index (χ3v) is 5.72. The number of likely N-dealkylation sites (N-methyl/N-ethyl adjacent to an activating group) is 1. The fraction of sp³-hybridized carbons (Fsp3) is 0.474. The quantitative estimate of drug-likeness (QED) is 0.892. The van der Waals surface area contributed by atoms with E-state index in [4.69, 9.17) is 0 Å². The number of amides is 1. The molecule has 6 heteroatoms. The van der Waals surface area contributed by atoms with E-state index in [1.165, 1.54) is 10.6 Å². The third-order valence-electron chi connectivity index (χ3n) is 4.51. The highest BCUT2D eigenvalue weighted by molar-refractivity contribution is 7.15. The van der Waals surface area contributed by atoms with Gasteiger partial charge in [0.2, 0.25) is 5.91 Å². The van der Waals surface area contributed by atoms with Crippen molar-refractivity contribution in [2.24, 2.45) is 0 Å². The molecule has 1 fully saturated rings. The molecule has 5 nitrogen and oxygen atoms in total. The summed E-state index contributed by atoms with van der Waals surface area (Å²) in [6.07, 6.45) is 2.22. The lowest BCUT2D eigenvalue weighted by Crippen LogP contribution is -2.44. The van der Waals surface area contributed by atoms with Crippen molar-refractivity contribution in [1.82, 2.24) is 9.88 Å². The van der Waals surface area contributed by atoms with Gasteiger partial charge in [0.15, 0.2) is 5.13 Å². The van der Waals surface area contributed by atoms with Crippen LogP contribution in [-0.4, -0.2) is 49.0 Å². The van der Waals surface area contributed by atoms with Gasteiger partial charge in [-0.25, -0.2) is 4.98 Å². The molecule has 1 aliphatic heterocycles. The minimum Gasteiger partial charge on any atom is -0.369 e. The van der Waals surface area contributed by atoms with Gasteiger partial charge in [0.05, 0.1) is 6.42 Å². The molecule has 2 aromatic rings. The molecule has 3 rings (SSSR count). The Labute approximate surface area is 153 Å². The number of piperazine rings is 1. The summed E-state index contributed by atoms with van der Waals surface area (Å²) in [4.78, 5) is 22.4. The lowest BCUT2D eigenvalue weighted by atomic mass is 10.1. The highest BCUT2D eigenvalue weighted by Gasteiger charge is 2.14. The number of hydrogen-bond donors (Lipinski definition) is 1. The Morgan fingerprint density at radius 1 is 1.20 bits per heavy atom. The van der Waals surface area contributed by atoms with Gasteiger partial charge in [0, 0.05) is 42.9 Å². The first-order chi connectivity index (χ1) is 12.0. The molecule has 1 N–H and O–H groups in total. The number of nitrogens with zero attached hydrogens (tertiary/aromatic N) is 3. The van der Waals surface area contributed by atoms with Crippen molar-refractivity contribution in [3.63, 3.8) is 0 Å². The fourth-order valence-corrected chi connectivity index (χ4v) is 3.68. The van der Waals surface area contributed by atoms with Crippen molar-refractivity contribution in [2.45, 2.75) is 26.2 Å². The van der Waals surface area contributed by atoms with E-state index in [9.17, 15) is 4.79 Å². The second-order valence-corrected chi connectivity index (χ2v) is 7.97. The number of hydrogen-bond acceptors (Lipinski definition) is 5. The molecule has 25 heavy (non-hydrogen) atoms. The highest BCUT2D eigenvalue weighted by atomic mass is 32.1. The van der Waals surface area contributed by atoms with Crippen LogP contribution in [0.4, 0.5) is 10.8 Å². The predicted molar refractivity (Wildman–Crippen MR) is 105 cm³/mol. The molecule has 0 unspecified atom stereocenters. The average molecular weight is 359 g/mol. The SMILES string of the molecule is CC(C)c1cnc(NC(=O)Cc2ccc(N3CCN(C)CC3)cc2)s1. The largest absolute Gasteiger partial charge is 0.369 e. The van der Waals surface area contributed by atoms with Crippen molar-refractivity contribution in [1.29, 1.82) is 0 Å². The Morgan fingerprint density at radius 3 is 2.48 bits per heavy atom. The number of carbonyl (C=O) groups excluding carboxylic acids is 1. The van der Waals surface area contributed by atoms with E-state index in [0.29, 0.717) is 17.5 Å². The van der Waals surface area contributed by atoms with Crippen LogP contribution in [0.25, 0.3) is 0 Å². The Hall–Kier alpha value is -1.92. The van der Waals surface area contributed by atoms with Crippen molar-refractivity contribution in [2.75, 3.05) is 43.4 Å². The monoisotopic (exact) mass is 358 g/mol. The summed E-state index contributed by atoms with van der Waals surface area (Å²) >= 11 is 1.55. The summed E-state index contributed by atoms with van der Waals surface area (Å²) in [5.74, 6) is 0.419.